The zero-order valence-electron chi connectivity index (χ0n) is 22.0. The first-order valence-corrected chi connectivity index (χ1v) is 12.8. The van der Waals surface area contributed by atoms with Gasteiger partial charge in [-0.3, -0.25) is 9.59 Å². The van der Waals surface area contributed by atoms with Crippen molar-refractivity contribution in [1.82, 2.24) is 9.80 Å². The number of ether oxygens (including phenoxy) is 1. The maximum absolute atomic E-state index is 13.3. The Morgan fingerprint density at radius 3 is 2.42 bits per heavy atom. The number of ketones is 1. The minimum atomic E-state index is -0.638. The predicted octanol–water partition coefficient (Wildman–Crippen LogP) is 4.23. The summed E-state index contributed by atoms with van der Waals surface area (Å²) in [6.07, 6.45) is 1.56. The van der Waals surface area contributed by atoms with E-state index in [4.69, 9.17) is 4.74 Å². The van der Waals surface area contributed by atoms with Gasteiger partial charge < -0.3 is 24.5 Å². The molecule has 2 atom stereocenters. The summed E-state index contributed by atoms with van der Waals surface area (Å²) in [6, 6.07) is 12.6. The fourth-order valence-electron chi connectivity index (χ4n) is 5.14. The molecule has 1 N–H and O–H groups in total. The van der Waals surface area contributed by atoms with Gasteiger partial charge in [0.25, 0.3) is 11.7 Å². The number of benzene rings is 2. The van der Waals surface area contributed by atoms with Crippen LogP contribution in [0.1, 0.15) is 49.9 Å². The Labute approximate surface area is 214 Å². The maximum Gasteiger partial charge on any atom is 0.295 e. The van der Waals surface area contributed by atoms with Crippen LogP contribution in [0.4, 0.5) is 5.69 Å². The highest BCUT2D eigenvalue weighted by Gasteiger charge is 2.45. The van der Waals surface area contributed by atoms with Crippen molar-refractivity contribution < 1.29 is 19.4 Å². The first kappa shape index (κ1) is 25.8. The lowest BCUT2D eigenvalue weighted by Crippen LogP contribution is -2.33. The Hall–Kier alpha value is -3.32. The van der Waals surface area contributed by atoms with Crippen LogP contribution in [0.15, 0.2) is 48.0 Å². The van der Waals surface area contributed by atoms with E-state index in [1.165, 1.54) is 0 Å². The summed E-state index contributed by atoms with van der Waals surface area (Å²) >= 11 is 0. The molecule has 0 unspecified atom stereocenters. The molecule has 2 heterocycles. The molecular formula is C29H37N3O4. The number of hydrogen-bond acceptors (Lipinski definition) is 6. The van der Waals surface area contributed by atoms with Crippen molar-refractivity contribution in [2.24, 2.45) is 0 Å². The normalized spacial score (nSPS) is 20.7. The van der Waals surface area contributed by atoms with Crippen LogP contribution in [0.25, 0.3) is 5.76 Å². The van der Waals surface area contributed by atoms with Crippen molar-refractivity contribution >= 4 is 23.1 Å². The average molecular weight is 492 g/mol. The van der Waals surface area contributed by atoms with Gasteiger partial charge in [-0.1, -0.05) is 26.0 Å². The van der Waals surface area contributed by atoms with Crippen molar-refractivity contribution in [2.75, 3.05) is 45.2 Å². The summed E-state index contributed by atoms with van der Waals surface area (Å²) in [5.41, 5.74) is 3.49. The van der Waals surface area contributed by atoms with E-state index in [-0.39, 0.29) is 17.4 Å². The second-order valence-electron chi connectivity index (χ2n) is 9.81. The molecule has 0 radical (unpaired) electrons. The number of nitrogens with zero attached hydrogens (tertiary/aromatic N) is 3. The number of carbonyl (C=O) groups is 2. The van der Waals surface area contributed by atoms with E-state index in [0.29, 0.717) is 12.1 Å². The Bertz CT molecular complexity index is 1150. The highest BCUT2D eigenvalue weighted by atomic mass is 16.5. The second kappa shape index (κ2) is 10.7. The number of aliphatic hydroxyl groups excluding tert-OH is 1. The third-order valence-electron chi connectivity index (χ3n) is 7.20. The van der Waals surface area contributed by atoms with E-state index in [1.54, 1.807) is 11.0 Å². The van der Waals surface area contributed by atoms with Crippen LogP contribution in [0.2, 0.25) is 0 Å². The third kappa shape index (κ3) is 4.98. The molecule has 7 nitrogen and oxygen atoms in total. The van der Waals surface area contributed by atoms with Crippen LogP contribution >= 0.6 is 0 Å². The van der Waals surface area contributed by atoms with Crippen LogP contribution < -0.4 is 9.64 Å². The number of carbonyl (C=O) groups excluding carboxylic acids is 2. The van der Waals surface area contributed by atoms with Crippen LogP contribution in [0, 0.1) is 0 Å². The van der Waals surface area contributed by atoms with Crippen molar-refractivity contribution in [3.8, 4) is 5.75 Å². The van der Waals surface area contributed by atoms with Gasteiger partial charge in [0.15, 0.2) is 0 Å². The summed E-state index contributed by atoms with van der Waals surface area (Å²) in [5, 5.41) is 11.4. The highest BCUT2D eigenvalue weighted by Crippen LogP contribution is 2.41. The number of aliphatic hydroxyl groups is 1. The largest absolute Gasteiger partial charge is 0.507 e. The molecule has 2 aliphatic heterocycles. The highest BCUT2D eigenvalue weighted by molar-refractivity contribution is 6.46. The summed E-state index contributed by atoms with van der Waals surface area (Å²) < 4.78 is 5.79. The number of rotatable bonds is 9. The number of anilines is 1. The molecular weight excluding hydrogens is 454 g/mol. The number of amides is 1. The van der Waals surface area contributed by atoms with E-state index in [2.05, 4.69) is 18.7 Å². The summed E-state index contributed by atoms with van der Waals surface area (Å²) in [6.45, 7) is 9.38. The van der Waals surface area contributed by atoms with Crippen LogP contribution in [-0.4, -0.2) is 73.0 Å². The van der Waals surface area contributed by atoms with Gasteiger partial charge in [0.05, 0.1) is 11.6 Å². The fourth-order valence-corrected chi connectivity index (χ4v) is 5.14. The second-order valence-corrected chi connectivity index (χ2v) is 9.81. The zero-order chi connectivity index (χ0) is 26.0. The molecule has 0 aliphatic carbocycles. The van der Waals surface area contributed by atoms with Gasteiger partial charge in [0.2, 0.25) is 0 Å². The first-order chi connectivity index (χ1) is 17.2. The maximum atomic E-state index is 13.3. The van der Waals surface area contributed by atoms with Gasteiger partial charge in [0, 0.05) is 38.3 Å². The molecule has 0 saturated carbocycles. The van der Waals surface area contributed by atoms with E-state index < -0.39 is 17.7 Å². The fraction of sp³-hybridized carbons (Fsp3) is 0.448. The van der Waals surface area contributed by atoms with Crippen molar-refractivity contribution in [3.05, 3.63) is 64.7 Å². The molecule has 1 amide bonds. The minimum Gasteiger partial charge on any atom is -0.507 e. The quantitative estimate of drug-likeness (QED) is 0.322. The van der Waals surface area contributed by atoms with Crippen LogP contribution in [0.5, 0.6) is 5.75 Å². The molecule has 0 bridgehead atoms. The van der Waals surface area contributed by atoms with Gasteiger partial charge in [-0.15, -0.1) is 0 Å². The molecule has 7 heteroatoms. The zero-order valence-corrected chi connectivity index (χ0v) is 22.0. The molecule has 1 fully saturated rings. The Morgan fingerprint density at radius 1 is 1.08 bits per heavy atom. The van der Waals surface area contributed by atoms with Crippen molar-refractivity contribution in [1.29, 1.82) is 0 Å². The summed E-state index contributed by atoms with van der Waals surface area (Å²) in [7, 11) is 3.93. The van der Waals surface area contributed by atoms with Gasteiger partial charge in [-0.25, -0.2) is 0 Å². The minimum absolute atomic E-state index is 0.0731. The van der Waals surface area contributed by atoms with E-state index in [9.17, 15) is 14.7 Å². The summed E-state index contributed by atoms with van der Waals surface area (Å²) in [5.74, 6) is -0.534. The monoisotopic (exact) mass is 491 g/mol. The van der Waals surface area contributed by atoms with E-state index >= 15 is 0 Å². The smallest absolute Gasteiger partial charge is 0.295 e. The van der Waals surface area contributed by atoms with Crippen molar-refractivity contribution in [3.63, 3.8) is 0 Å². The molecule has 4 rings (SSSR count). The molecule has 0 spiro atoms. The molecule has 2 aliphatic rings. The van der Waals surface area contributed by atoms with E-state index in [0.717, 1.165) is 55.0 Å². The number of hydrogen-bond donors (Lipinski definition) is 1. The van der Waals surface area contributed by atoms with E-state index in [1.807, 2.05) is 62.3 Å². The summed E-state index contributed by atoms with van der Waals surface area (Å²) in [4.78, 5) is 32.5. The first-order valence-electron chi connectivity index (χ1n) is 12.8. The van der Waals surface area contributed by atoms with Crippen molar-refractivity contribution in [2.45, 2.75) is 45.8 Å². The Kier molecular flexibility index (Phi) is 7.69. The number of Topliss-reactive ketones (excluding diaryl/α,β-unsaturated/α-hetero) is 1. The van der Waals surface area contributed by atoms with Gasteiger partial charge in [0.1, 0.15) is 17.6 Å². The van der Waals surface area contributed by atoms with Gasteiger partial charge in [-0.05, 0) is 74.4 Å². The molecule has 36 heavy (non-hydrogen) atoms. The lowest BCUT2D eigenvalue weighted by molar-refractivity contribution is -0.140. The number of fused-ring (bicyclic) bond motifs is 1. The molecule has 192 valence electrons. The lowest BCUT2D eigenvalue weighted by Gasteiger charge is -2.27. The Morgan fingerprint density at radius 2 is 1.78 bits per heavy atom. The van der Waals surface area contributed by atoms with Gasteiger partial charge in [-0.2, -0.15) is 0 Å². The van der Waals surface area contributed by atoms with Crippen LogP contribution in [-0.2, 0) is 16.0 Å². The third-order valence-corrected chi connectivity index (χ3v) is 7.20. The van der Waals surface area contributed by atoms with Gasteiger partial charge >= 0.3 is 0 Å². The predicted molar refractivity (Wildman–Crippen MR) is 142 cm³/mol. The average Bonchev–Trinajstić information content (AvgIpc) is 3.37. The molecule has 0 aromatic heterocycles. The topological polar surface area (TPSA) is 73.3 Å². The lowest BCUT2D eigenvalue weighted by atomic mass is 9.94. The molecule has 2 aromatic rings. The number of likely N-dealkylation sites (tertiary alicyclic amines) is 1. The SMILES string of the molecule is CCN(CC)CCCN1C(=O)C(=O)C(=C(O)c2ccc3c(c2)C[C@H](C)O3)[C@@H]1c1ccc(N(C)C)cc1. The Balaban J connectivity index is 1.73. The standard InChI is InChI=1S/C29H37N3O4/c1-6-31(7-2)15-8-16-32-26(20-9-12-23(13-10-20)30(4)5)25(28(34)29(32)35)27(33)21-11-14-24-22(18-21)17-19(3)36-24/h9-14,18-19,26,33H,6-8,15-17H2,1-5H3/t19-,26-/m0/s1. The molecule has 2 aromatic carbocycles. The van der Waals surface area contributed by atoms with Crippen LogP contribution in [0.3, 0.4) is 0 Å². The molecule has 1 saturated heterocycles.